The lowest BCUT2D eigenvalue weighted by Crippen LogP contribution is -2.19. The summed E-state index contributed by atoms with van der Waals surface area (Å²) in [5.41, 5.74) is 3.63. The molecule has 1 amide bonds. The topological polar surface area (TPSA) is 59.9 Å². The van der Waals surface area contributed by atoms with Crippen molar-refractivity contribution in [2.45, 2.75) is 0 Å². The van der Waals surface area contributed by atoms with E-state index in [-0.39, 0.29) is 5.91 Å². The molecule has 0 aliphatic heterocycles. The summed E-state index contributed by atoms with van der Waals surface area (Å²) in [6.07, 6.45) is 3.14. The molecule has 0 heterocycles. The van der Waals surface area contributed by atoms with Crippen LogP contribution in [0, 0.1) is 0 Å². The molecule has 0 saturated heterocycles. The number of nitrogens with zero attached hydrogens (tertiary/aromatic N) is 1. The Labute approximate surface area is 149 Å². The van der Waals surface area contributed by atoms with Crippen molar-refractivity contribution in [3.05, 3.63) is 70.7 Å². The van der Waals surface area contributed by atoms with Crippen LogP contribution in [0.3, 0.4) is 0 Å². The lowest BCUT2D eigenvalue weighted by atomic mass is 10.2. The summed E-state index contributed by atoms with van der Waals surface area (Å²) in [5, 5.41) is 3.98. The minimum absolute atomic E-state index is 0.312. The number of hydrogen-bond acceptors (Lipinski definition) is 4. The van der Waals surface area contributed by atoms with Gasteiger partial charge in [0.1, 0.15) is 18.1 Å². The third-order valence-corrected chi connectivity index (χ3v) is 3.54. The van der Waals surface area contributed by atoms with Gasteiger partial charge in [0.2, 0.25) is 0 Å². The molecule has 24 heavy (non-hydrogen) atoms. The maximum absolute atomic E-state index is 12.3. The van der Waals surface area contributed by atoms with Crippen LogP contribution in [-0.2, 0) is 0 Å². The van der Waals surface area contributed by atoms with Crippen LogP contribution in [0.1, 0.15) is 15.9 Å². The number of para-hydroxylation sites is 1. The summed E-state index contributed by atoms with van der Waals surface area (Å²) >= 11 is 3.35. The number of ether oxygens (including phenoxy) is 2. The first-order chi connectivity index (χ1) is 11.7. The lowest BCUT2D eigenvalue weighted by Gasteiger charge is -2.09. The summed E-state index contributed by atoms with van der Waals surface area (Å²) < 4.78 is 11.5. The van der Waals surface area contributed by atoms with Gasteiger partial charge in [-0.25, -0.2) is 5.43 Å². The zero-order valence-electron chi connectivity index (χ0n) is 13.2. The predicted molar refractivity (Wildman–Crippen MR) is 97.9 cm³/mol. The predicted octanol–water partition coefficient (Wildman–Crippen LogP) is 3.79. The third kappa shape index (κ3) is 4.70. The van der Waals surface area contributed by atoms with Gasteiger partial charge in [0.15, 0.2) is 0 Å². The first-order valence-corrected chi connectivity index (χ1v) is 7.94. The van der Waals surface area contributed by atoms with E-state index in [0.29, 0.717) is 23.7 Å². The van der Waals surface area contributed by atoms with Crippen molar-refractivity contribution in [2.75, 3.05) is 13.7 Å². The average molecular weight is 389 g/mol. The highest BCUT2D eigenvalue weighted by Crippen LogP contribution is 2.23. The largest absolute Gasteiger partial charge is 0.496 e. The maximum atomic E-state index is 12.3. The standard InChI is InChI=1S/C18H17BrN2O3/c1-3-10-24-17-9-8-14(19)11-15(17)18(22)21-20-12-13-6-4-5-7-16(13)23-2/h3-9,11-12H,1,10H2,2H3,(H,21,22)/b20-12+. The molecule has 2 aromatic rings. The van der Waals surface area contributed by atoms with Crippen LogP contribution in [0.5, 0.6) is 11.5 Å². The Morgan fingerprint density at radius 3 is 2.83 bits per heavy atom. The smallest absolute Gasteiger partial charge is 0.275 e. The van der Waals surface area contributed by atoms with Gasteiger partial charge in [0.25, 0.3) is 5.91 Å². The second-order valence-electron chi connectivity index (χ2n) is 4.68. The Morgan fingerprint density at radius 2 is 2.08 bits per heavy atom. The van der Waals surface area contributed by atoms with Crippen LogP contribution < -0.4 is 14.9 Å². The van der Waals surface area contributed by atoms with E-state index >= 15 is 0 Å². The molecule has 1 N–H and O–H groups in total. The number of carbonyl (C=O) groups excluding carboxylic acids is 1. The zero-order chi connectivity index (χ0) is 17.4. The Morgan fingerprint density at radius 1 is 1.29 bits per heavy atom. The highest BCUT2D eigenvalue weighted by Gasteiger charge is 2.12. The number of hydrazone groups is 1. The maximum Gasteiger partial charge on any atom is 0.275 e. The Bertz CT molecular complexity index is 760. The summed E-state index contributed by atoms with van der Waals surface area (Å²) in [6, 6.07) is 12.6. The van der Waals surface area contributed by atoms with Gasteiger partial charge in [-0.05, 0) is 30.3 Å². The van der Waals surface area contributed by atoms with E-state index in [0.717, 1.165) is 10.0 Å². The van der Waals surface area contributed by atoms with Crippen molar-refractivity contribution in [1.29, 1.82) is 0 Å². The van der Waals surface area contributed by atoms with E-state index in [4.69, 9.17) is 9.47 Å². The normalized spacial score (nSPS) is 10.4. The summed E-state index contributed by atoms with van der Waals surface area (Å²) in [5.74, 6) is 0.762. The van der Waals surface area contributed by atoms with Gasteiger partial charge < -0.3 is 9.47 Å². The molecule has 0 aliphatic rings. The fraction of sp³-hybridized carbons (Fsp3) is 0.111. The fourth-order valence-corrected chi connectivity index (χ4v) is 2.31. The zero-order valence-corrected chi connectivity index (χ0v) is 14.7. The van der Waals surface area contributed by atoms with Gasteiger partial charge in [-0.3, -0.25) is 4.79 Å². The molecule has 5 nitrogen and oxygen atoms in total. The Kier molecular flexibility index (Phi) is 6.57. The number of rotatable bonds is 7. The number of halogens is 1. The van der Waals surface area contributed by atoms with Gasteiger partial charge in [-0.1, -0.05) is 40.7 Å². The fourth-order valence-electron chi connectivity index (χ4n) is 1.95. The van der Waals surface area contributed by atoms with Crippen molar-refractivity contribution in [2.24, 2.45) is 5.10 Å². The highest BCUT2D eigenvalue weighted by atomic mass is 79.9. The summed E-state index contributed by atoms with van der Waals surface area (Å²) in [6.45, 7) is 3.91. The average Bonchev–Trinajstić information content (AvgIpc) is 2.61. The van der Waals surface area contributed by atoms with Gasteiger partial charge in [-0.15, -0.1) is 0 Å². The molecule has 2 rings (SSSR count). The van der Waals surface area contributed by atoms with Gasteiger partial charge in [0, 0.05) is 10.0 Å². The first kappa shape index (κ1) is 17.7. The van der Waals surface area contributed by atoms with E-state index in [1.54, 1.807) is 31.4 Å². The van der Waals surface area contributed by atoms with E-state index in [1.165, 1.54) is 6.21 Å². The highest BCUT2D eigenvalue weighted by molar-refractivity contribution is 9.10. The van der Waals surface area contributed by atoms with Gasteiger partial charge in [0.05, 0.1) is 18.9 Å². The number of methoxy groups -OCH3 is 1. The van der Waals surface area contributed by atoms with Gasteiger partial charge in [-0.2, -0.15) is 5.10 Å². The van der Waals surface area contributed by atoms with Crippen LogP contribution in [0.15, 0.2) is 64.7 Å². The van der Waals surface area contributed by atoms with Crippen LogP contribution >= 0.6 is 15.9 Å². The molecule has 0 bridgehead atoms. The van der Waals surface area contributed by atoms with Crippen molar-refractivity contribution in [3.63, 3.8) is 0 Å². The number of carbonyl (C=O) groups is 1. The van der Waals surface area contributed by atoms with E-state index < -0.39 is 0 Å². The monoisotopic (exact) mass is 388 g/mol. The number of nitrogens with one attached hydrogen (secondary N) is 1. The Balaban J connectivity index is 2.13. The minimum Gasteiger partial charge on any atom is -0.496 e. The second kappa shape index (κ2) is 8.88. The molecule has 124 valence electrons. The molecule has 0 spiro atoms. The molecule has 0 saturated carbocycles. The second-order valence-corrected chi connectivity index (χ2v) is 5.60. The first-order valence-electron chi connectivity index (χ1n) is 7.15. The SMILES string of the molecule is C=CCOc1ccc(Br)cc1C(=O)N/N=C/c1ccccc1OC. The van der Waals surface area contributed by atoms with E-state index in [2.05, 4.69) is 33.0 Å². The number of benzene rings is 2. The summed E-state index contributed by atoms with van der Waals surface area (Å²) in [7, 11) is 1.58. The number of amides is 1. The molecule has 6 heteroatoms. The minimum atomic E-state index is -0.374. The van der Waals surface area contributed by atoms with Crippen molar-refractivity contribution < 1.29 is 14.3 Å². The molecule has 2 aromatic carbocycles. The van der Waals surface area contributed by atoms with Gasteiger partial charge >= 0.3 is 0 Å². The molecule has 0 atom stereocenters. The molecule has 0 aromatic heterocycles. The van der Waals surface area contributed by atoms with Crippen LogP contribution in [0.4, 0.5) is 0 Å². The molecular weight excluding hydrogens is 372 g/mol. The van der Waals surface area contributed by atoms with Crippen LogP contribution in [-0.4, -0.2) is 25.8 Å². The molecule has 0 fully saturated rings. The van der Waals surface area contributed by atoms with Crippen LogP contribution in [0.2, 0.25) is 0 Å². The molecular formula is C18H17BrN2O3. The quantitative estimate of drug-likeness (QED) is 0.445. The molecule has 0 radical (unpaired) electrons. The van der Waals surface area contributed by atoms with Crippen molar-refractivity contribution in [1.82, 2.24) is 5.43 Å². The third-order valence-electron chi connectivity index (χ3n) is 3.05. The van der Waals surface area contributed by atoms with Crippen molar-refractivity contribution in [3.8, 4) is 11.5 Å². The molecule has 0 unspecified atom stereocenters. The van der Waals surface area contributed by atoms with E-state index in [9.17, 15) is 4.79 Å². The van der Waals surface area contributed by atoms with E-state index in [1.807, 2.05) is 24.3 Å². The molecule has 0 aliphatic carbocycles. The Hall–Kier alpha value is -2.60. The number of hydrogen-bond donors (Lipinski definition) is 1. The lowest BCUT2D eigenvalue weighted by molar-refractivity contribution is 0.0951. The van der Waals surface area contributed by atoms with Crippen LogP contribution in [0.25, 0.3) is 0 Å². The summed E-state index contributed by atoms with van der Waals surface area (Å²) in [4.78, 5) is 12.3. The van der Waals surface area contributed by atoms with Crippen molar-refractivity contribution >= 4 is 28.1 Å².